The standard InChI is InChI=1S/C33H45N3O10/c1-30(2,3)45-28(40)18(34)15-23(38)42-21-10-11-33(44-24(39)16-19(35)29(41)46-31(4,5)6)22-14-17-8-9-20(37)26-25(17)32(33,27(21)43-26)12-13-36(22)7/h8-10,18-19,22,27,37H,11-16,34-35H2,1-7H3/t18-,19-,22+,27-,32-,33+/m0/s1. The zero-order valence-electron chi connectivity index (χ0n) is 27.5. The van der Waals surface area contributed by atoms with Crippen molar-refractivity contribution in [2.45, 2.75) is 120 Å². The molecule has 1 aromatic rings. The third-order valence-electron chi connectivity index (χ3n) is 9.03. The number of hydrogen-bond donors (Lipinski definition) is 3. The first kappa shape index (κ1) is 33.7. The number of carbonyl (C=O) groups is 4. The molecule has 0 saturated carbocycles. The van der Waals surface area contributed by atoms with Gasteiger partial charge in [-0.1, -0.05) is 6.07 Å². The first-order chi connectivity index (χ1) is 21.3. The fourth-order valence-electron chi connectivity index (χ4n) is 7.31. The summed E-state index contributed by atoms with van der Waals surface area (Å²) in [6, 6.07) is 0.594. The summed E-state index contributed by atoms with van der Waals surface area (Å²) in [4.78, 5) is 53.9. The van der Waals surface area contributed by atoms with E-state index in [4.69, 9.17) is 35.2 Å². The number of ether oxygens (including phenoxy) is 5. The molecule has 6 atom stereocenters. The van der Waals surface area contributed by atoms with Crippen molar-refractivity contribution in [2.75, 3.05) is 13.6 Å². The first-order valence-electron chi connectivity index (χ1n) is 15.6. The van der Waals surface area contributed by atoms with Crippen molar-refractivity contribution in [3.63, 3.8) is 0 Å². The fraction of sp³-hybridized carbons (Fsp3) is 0.636. The molecule has 1 fully saturated rings. The van der Waals surface area contributed by atoms with Crippen molar-refractivity contribution in [3.05, 3.63) is 35.1 Å². The van der Waals surface area contributed by atoms with E-state index in [-0.39, 0.29) is 29.7 Å². The van der Waals surface area contributed by atoms with E-state index >= 15 is 0 Å². The Morgan fingerprint density at radius 1 is 1.00 bits per heavy atom. The average molecular weight is 644 g/mol. The predicted octanol–water partition coefficient (Wildman–Crippen LogP) is 1.88. The molecule has 5 rings (SSSR count). The fourth-order valence-corrected chi connectivity index (χ4v) is 7.31. The summed E-state index contributed by atoms with van der Waals surface area (Å²) in [5.41, 5.74) is 9.86. The third-order valence-corrected chi connectivity index (χ3v) is 9.03. The van der Waals surface area contributed by atoms with Gasteiger partial charge in [-0.25, -0.2) is 0 Å². The van der Waals surface area contributed by atoms with Gasteiger partial charge in [0, 0.05) is 12.0 Å². The summed E-state index contributed by atoms with van der Waals surface area (Å²) in [6.45, 7) is 10.8. The maximum atomic E-state index is 13.6. The summed E-state index contributed by atoms with van der Waals surface area (Å²) < 4.78 is 29.4. The van der Waals surface area contributed by atoms with E-state index in [9.17, 15) is 24.3 Å². The molecule has 0 radical (unpaired) electrons. The number of benzene rings is 1. The quantitative estimate of drug-likeness (QED) is 0.275. The van der Waals surface area contributed by atoms with Gasteiger partial charge < -0.3 is 40.3 Å². The van der Waals surface area contributed by atoms with E-state index in [0.29, 0.717) is 24.9 Å². The van der Waals surface area contributed by atoms with E-state index in [1.165, 1.54) is 0 Å². The van der Waals surface area contributed by atoms with Gasteiger partial charge in [0.25, 0.3) is 0 Å². The number of carbonyl (C=O) groups excluding carboxylic acids is 4. The number of aromatic hydroxyl groups is 1. The minimum absolute atomic E-state index is 0.0929. The lowest BCUT2D eigenvalue weighted by Crippen LogP contribution is -2.75. The van der Waals surface area contributed by atoms with Crippen LogP contribution in [0.5, 0.6) is 11.5 Å². The molecular formula is C33H45N3O10. The van der Waals surface area contributed by atoms with Gasteiger partial charge in [-0.15, -0.1) is 0 Å². The molecule has 0 aromatic heterocycles. The molecule has 0 unspecified atom stereocenters. The Hall–Kier alpha value is -3.68. The summed E-state index contributed by atoms with van der Waals surface area (Å²) in [5.74, 6) is -2.59. The highest BCUT2D eigenvalue weighted by Crippen LogP contribution is 2.66. The summed E-state index contributed by atoms with van der Waals surface area (Å²) in [6.07, 6.45) is 0.924. The Kier molecular flexibility index (Phi) is 8.44. The molecule has 13 nitrogen and oxygen atoms in total. The van der Waals surface area contributed by atoms with Gasteiger partial charge in [0.1, 0.15) is 34.6 Å². The Bertz CT molecular complexity index is 1480. The minimum atomic E-state index is -1.25. The van der Waals surface area contributed by atoms with Crippen molar-refractivity contribution in [1.82, 2.24) is 4.90 Å². The molecule has 2 heterocycles. The summed E-state index contributed by atoms with van der Waals surface area (Å²) in [7, 11) is 1.95. The van der Waals surface area contributed by atoms with Crippen LogP contribution in [0, 0.1) is 0 Å². The number of likely N-dealkylation sites (tertiary alicyclic amines) is 1. The average Bonchev–Trinajstić information content (AvgIpc) is 3.27. The molecule has 1 spiro atoms. The number of piperidine rings is 1. The molecule has 2 bridgehead atoms. The van der Waals surface area contributed by atoms with Crippen LogP contribution in [0.15, 0.2) is 24.0 Å². The summed E-state index contributed by atoms with van der Waals surface area (Å²) >= 11 is 0. The maximum Gasteiger partial charge on any atom is 0.324 e. The number of phenols is 1. The monoisotopic (exact) mass is 643 g/mol. The van der Waals surface area contributed by atoms with Gasteiger partial charge in [0.2, 0.25) is 0 Å². The van der Waals surface area contributed by atoms with E-state index in [0.717, 1.165) is 5.56 Å². The Morgan fingerprint density at radius 2 is 1.59 bits per heavy atom. The third kappa shape index (κ3) is 5.84. The highest BCUT2D eigenvalue weighted by Gasteiger charge is 2.74. The minimum Gasteiger partial charge on any atom is -0.504 e. The normalized spacial score (nSPS) is 27.7. The maximum absolute atomic E-state index is 13.6. The zero-order valence-corrected chi connectivity index (χ0v) is 27.5. The lowest BCUT2D eigenvalue weighted by atomic mass is 9.50. The van der Waals surface area contributed by atoms with Crippen LogP contribution in [0.2, 0.25) is 0 Å². The van der Waals surface area contributed by atoms with Crippen LogP contribution in [0.25, 0.3) is 0 Å². The van der Waals surface area contributed by atoms with Crippen LogP contribution in [0.3, 0.4) is 0 Å². The van der Waals surface area contributed by atoms with Crippen molar-refractivity contribution >= 4 is 23.9 Å². The second kappa shape index (κ2) is 11.5. The first-order valence-corrected chi connectivity index (χ1v) is 15.6. The van der Waals surface area contributed by atoms with Gasteiger partial charge in [0.15, 0.2) is 17.6 Å². The van der Waals surface area contributed by atoms with Crippen LogP contribution in [-0.2, 0) is 50.0 Å². The number of nitrogens with two attached hydrogens (primary N) is 2. The molecule has 2 aliphatic heterocycles. The van der Waals surface area contributed by atoms with E-state index in [2.05, 4.69) is 4.90 Å². The van der Waals surface area contributed by atoms with Crippen LogP contribution >= 0.6 is 0 Å². The van der Waals surface area contributed by atoms with Gasteiger partial charge >= 0.3 is 23.9 Å². The smallest absolute Gasteiger partial charge is 0.324 e. The predicted molar refractivity (Wildman–Crippen MR) is 163 cm³/mol. The zero-order chi connectivity index (χ0) is 34.0. The second-order valence-corrected chi connectivity index (χ2v) is 14.7. The molecule has 252 valence electrons. The SMILES string of the molecule is CN1CC[C@]23c4c5ccc(O)c4O[C@H]2C(OC(=O)C[C@H](N)C(=O)OC(C)(C)C)=CC[C@@]3(OC(=O)C[C@H](N)C(=O)OC(C)(C)C)[C@H]1C5. The Balaban J connectivity index is 1.48. The van der Waals surface area contributed by atoms with Crippen molar-refractivity contribution in [2.24, 2.45) is 11.5 Å². The number of hydrogen-bond acceptors (Lipinski definition) is 13. The number of esters is 4. The van der Waals surface area contributed by atoms with E-state index in [1.807, 2.05) is 13.1 Å². The van der Waals surface area contributed by atoms with E-state index < -0.39 is 77.1 Å². The highest BCUT2D eigenvalue weighted by atomic mass is 16.6. The number of rotatable bonds is 8. The van der Waals surface area contributed by atoms with Crippen LogP contribution in [0.1, 0.15) is 78.4 Å². The number of phenolic OH excluding ortho intramolecular Hbond substituents is 1. The topological polar surface area (TPSA) is 190 Å². The number of nitrogens with zero attached hydrogens (tertiary/aromatic N) is 1. The van der Waals surface area contributed by atoms with Gasteiger partial charge in [-0.2, -0.15) is 0 Å². The number of likely N-dealkylation sites (N-methyl/N-ethyl adjacent to an activating group) is 1. The highest BCUT2D eigenvalue weighted by molar-refractivity contribution is 5.84. The molecule has 5 N–H and O–H groups in total. The Labute approximate surface area is 268 Å². The molecule has 2 aliphatic carbocycles. The van der Waals surface area contributed by atoms with Crippen molar-refractivity contribution in [3.8, 4) is 11.5 Å². The van der Waals surface area contributed by atoms with Crippen LogP contribution in [0.4, 0.5) is 0 Å². The molecular weight excluding hydrogens is 598 g/mol. The van der Waals surface area contributed by atoms with Crippen LogP contribution < -0.4 is 16.2 Å². The molecule has 46 heavy (non-hydrogen) atoms. The second-order valence-electron chi connectivity index (χ2n) is 14.7. The van der Waals surface area contributed by atoms with Gasteiger partial charge in [0.05, 0.1) is 24.3 Å². The lowest BCUT2D eigenvalue weighted by molar-refractivity contribution is -0.207. The van der Waals surface area contributed by atoms with E-state index in [1.54, 1.807) is 53.7 Å². The molecule has 4 aliphatic rings. The molecule has 1 aromatic carbocycles. The van der Waals surface area contributed by atoms with Gasteiger partial charge in [-0.3, -0.25) is 24.1 Å². The van der Waals surface area contributed by atoms with Crippen molar-refractivity contribution < 1.29 is 48.0 Å². The molecule has 0 amide bonds. The van der Waals surface area contributed by atoms with Crippen LogP contribution in [-0.4, -0.2) is 88.5 Å². The lowest BCUT2D eigenvalue weighted by Gasteiger charge is -2.62. The van der Waals surface area contributed by atoms with Gasteiger partial charge in [-0.05, 0) is 85.7 Å². The molecule has 1 saturated heterocycles. The Morgan fingerprint density at radius 3 is 2.17 bits per heavy atom. The molecule has 13 heteroatoms. The van der Waals surface area contributed by atoms with Crippen molar-refractivity contribution in [1.29, 1.82) is 0 Å². The summed E-state index contributed by atoms with van der Waals surface area (Å²) in [5, 5.41) is 10.9. The largest absolute Gasteiger partial charge is 0.504 e.